The fourth-order valence-electron chi connectivity index (χ4n) is 6.58. The van der Waals surface area contributed by atoms with Crippen LogP contribution in [0.1, 0.15) is 69.8 Å². The van der Waals surface area contributed by atoms with Gasteiger partial charge in [-0.05, 0) is 100 Å². The second kappa shape index (κ2) is 12.3. The first kappa shape index (κ1) is 26.1. The fraction of sp³-hybridized carbons (Fsp3) is 0.667. The maximum absolute atomic E-state index is 13.2. The summed E-state index contributed by atoms with van der Waals surface area (Å²) in [7, 11) is 0. The third kappa shape index (κ3) is 6.67. The molecule has 37 heavy (non-hydrogen) atoms. The van der Waals surface area contributed by atoms with Crippen molar-refractivity contribution in [1.29, 1.82) is 0 Å². The van der Waals surface area contributed by atoms with E-state index in [1.165, 1.54) is 48.4 Å². The van der Waals surface area contributed by atoms with Crippen LogP contribution in [0, 0.1) is 11.8 Å². The lowest BCUT2D eigenvalue weighted by Crippen LogP contribution is -2.49. The molecule has 0 spiro atoms. The average molecular weight is 510 g/mol. The highest BCUT2D eigenvalue weighted by atomic mass is 16.5. The van der Waals surface area contributed by atoms with E-state index in [-0.39, 0.29) is 5.92 Å². The molecule has 3 heterocycles. The van der Waals surface area contributed by atoms with Crippen LogP contribution in [-0.4, -0.2) is 83.7 Å². The SMILES string of the molecule is O=C(O)N1CCC(COc2ccc(C3=CCC(C(=O)N4CCC(N5CCCCC5)CC4)CC3)cc2)CC1. The number of rotatable bonds is 6. The van der Waals surface area contributed by atoms with Crippen molar-refractivity contribution >= 4 is 17.6 Å². The lowest BCUT2D eigenvalue weighted by molar-refractivity contribution is -0.137. The number of piperidine rings is 3. The highest BCUT2D eigenvalue weighted by molar-refractivity contribution is 5.81. The van der Waals surface area contributed by atoms with Crippen molar-refractivity contribution in [3.05, 3.63) is 35.9 Å². The van der Waals surface area contributed by atoms with Gasteiger partial charge < -0.3 is 24.5 Å². The summed E-state index contributed by atoms with van der Waals surface area (Å²) >= 11 is 0. The summed E-state index contributed by atoms with van der Waals surface area (Å²) in [4.78, 5) is 30.6. The van der Waals surface area contributed by atoms with Gasteiger partial charge in [-0.3, -0.25) is 4.79 Å². The molecule has 2 amide bonds. The molecule has 1 aromatic rings. The number of allylic oxidation sites excluding steroid dienone is 2. The maximum atomic E-state index is 13.2. The minimum absolute atomic E-state index is 0.130. The van der Waals surface area contributed by atoms with E-state index in [4.69, 9.17) is 9.84 Å². The first-order chi connectivity index (χ1) is 18.1. The number of benzene rings is 1. The first-order valence-electron chi connectivity index (χ1n) is 14.5. The molecule has 7 nitrogen and oxygen atoms in total. The van der Waals surface area contributed by atoms with Crippen LogP contribution in [0.2, 0.25) is 0 Å². The normalized spacial score (nSPS) is 24.5. The average Bonchev–Trinajstić information content (AvgIpc) is 2.97. The molecule has 1 aliphatic carbocycles. The van der Waals surface area contributed by atoms with Gasteiger partial charge in [0.15, 0.2) is 0 Å². The van der Waals surface area contributed by atoms with Crippen molar-refractivity contribution < 1.29 is 19.4 Å². The summed E-state index contributed by atoms with van der Waals surface area (Å²) in [6, 6.07) is 9.00. The first-order valence-corrected chi connectivity index (χ1v) is 14.5. The van der Waals surface area contributed by atoms with E-state index in [1.807, 2.05) is 12.1 Å². The van der Waals surface area contributed by atoms with Crippen LogP contribution in [-0.2, 0) is 4.79 Å². The van der Waals surface area contributed by atoms with E-state index >= 15 is 0 Å². The smallest absolute Gasteiger partial charge is 0.407 e. The monoisotopic (exact) mass is 509 g/mol. The Bertz CT molecular complexity index is 940. The zero-order chi connectivity index (χ0) is 25.6. The second-order valence-electron chi connectivity index (χ2n) is 11.4. The van der Waals surface area contributed by atoms with E-state index in [1.54, 1.807) is 0 Å². The number of carboxylic acid groups (broad SMARTS) is 1. The van der Waals surface area contributed by atoms with Gasteiger partial charge in [-0.25, -0.2) is 4.79 Å². The lowest BCUT2D eigenvalue weighted by atomic mass is 9.85. The zero-order valence-corrected chi connectivity index (χ0v) is 22.2. The molecule has 3 aliphatic heterocycles. The molecule has 7 heteroatoms. The Kier molecular flexibility index (Phi) is 8.70. The summed E-state index contributed by atoms with van der Waals surface area (Å²) in [6.45, 7) is 6.16. The predicted octanol–water partition coefficient (Wildman–Crippen LogP) is 5.12. The topological polar surface area (TPSA) is 73.3 Å². The number of carbonyl (C=O) groups is 2. The summed E-state index contributed by atoms with van der Waals surface area (Å²) < 4.78 is 6.01. The molecular weight excluding hydrogens is 466 g/mol. The van der Waals surface area contributed by atoms with Gasteiger partial charge in [-0.15, -0.1) is 0 Å². The van der Waals surface area contributed by atoms with Gasteiger partial charge in [-0.2, -0.15) is 0 Å². The molecular formula is C30H43N3O4. The standard InChI is InChI=1S/C30H43N3O4/c34-29(32-20-14-27(15-21-32)31-16-2-1-3-17-31)26-6-4-24(5-7-26)25-8-10-28(11-9-25)37-22-23-12-18-33(19-13-23)30(35)36/h4,8-11,23,26-27H,1-3,5-7,12-22H2,(H,35,36). The Labute approximate surface area is 221 Å². The molecule has 0 saturated carbocycles. The van der Waals surface area contributed by atoms with E-state index < -0.39 is 6.09 Å². The number of carbonyl (C=O) groups excluding carboxylic acids is 1. The zero-order valence-electron chi connectivity index (χ0n) is 22.2. The number of nitrogens with zero attached hydrogens (tertiary/aromatic N) is 3. The van der Waals surface area contributed by atoms with Crippen molar-refractivity contribution in [2.45, 2.75) is 70.3 Å². The quantitative estimate of drug-likeness (QED) is 0.577. The van der Waals surface area contributed by atoms with Gasteiger partial charge in [0, 0.05) is 38.1 Å². The Morgan fingerprint density at radius 2 is 1.51 bits per heavy atom. The Morgan fingerprint density at radius 1 is 0.838 bits per heavy atom. The molecule has 3 saturated heterocycles. The van der Waals surface area contributed by atoms with Crippen LogP contribution < -0.4 is 4.74 Å². The van der Waals surface area contributed by atoms with Crippen LogP contribution in [0.25, 0.3) is 5.57 Å². The van der Waals surface area contributed by atoms with Gasteiger partial charge >= 0.3 is 6.09 Å². The third-order valence-corrected chi connectivity index (χ3v) is 9.04. The molecule has 5 rings (SSSR count). The lowest BCUT2D eigenvalue weighted by Gasteiger charge is -2.41. The molecule has 202 valence electrons. The van der Waals surface area contributed by atoms with E-state index in [0.717, 1.165) is 63.8 Å². The minimum Gasteiger partial charge on any atom is -0.493 e. The van der Waals surface area contributed by atoms with Crippen molar-refractivity contribution in [2.75, 3.05) is 45.9 Å². The summed E-state index contributed by atoms with van der Waals surface area (Å²) in [5, 5.41) is 9.09. The predicted molar refractivity (Wildman–Crippen MR) is 145 cm³/mol. The fourth-order valence-corrected chi connectivity index (χ4v) is 6.58. The van der Waals surface area contributed by atoms with Gasteiger partial charge in [-0.1, -0.05) is 24.6 Å². The van der Waals surface area contributed by atoms with Gasteiger partial charge in [0.05, 0.1) is 6.61 Å². The van der Waals surface area contributed by atoms with Gasteiger partial charge in [0.1, 0.15) is 5.75 Å². The third-order valence-electron chi connectivity index (χ3n) is 9.04. The Morgan fingerprint density at radius 3 is 2.14 bits per heavy atom. The van der Waals surface area contributed by atoms with Crippen LogP contribution in [0.15, 0.2) is 30.3 Å². The second-order valence-corrected chi connectivity index (χ2v) is 11.4. The molecule has 1 unspecified atom stereocenters. The Hall–Kier alpha value is -2.54. The highest BCUT2D eigenvalue weighted by Crippen LogP contribution is 2.33. The van der Waals surface area contributed by atoms with Crippen molar-refractivity contribution in [1.82, 2.24) is 14.7 Å². The molecule has 1 N–H and O–H groups in total. The van der Waals surface area contributed by atoms with Crippen LogP contribution in [0.3, 0.4) is 0 Å². The number of ether oxygens (including phenoxy) is 1. The van der Waals surface area contributed by atoms with Crippen LogP contribution in [0.5, 0.6) is 5.75 Å². The van der Waals surface area contributed by atoms with Gasteiger partial charge in [0.25, 0.3) is 0 Å². The van der Waals surface area contributed by atoms with Crippen molar-refractivity contribution in [2.24, 2.45) is 11.8 Å². The summed E-state index contributed by atoms with van der Waals surface area (Å²) in [6.07, 6.45) is 12.2. The molecule has 0 bridgehead atoms. The highest BCUT2D eigenvalue weighted by Gasteiger charge is 2.31. The van der Waals surface area contributed by atoms with E-state index in [0.29, 0.717) is 37.6 Å². The summed E-state index contributed by atoms with van der Waals surface area (Å²) in [5.41, 5.74) is 2.55. The molecule has 4 aliphatic rings. The maximum Gasteiger partial charge on any atom is 0.407 e. The molecule has 0 radical (unpaired) electrons. The number of hydrogen-bond donors (Lipinski definition) is 1. The minimum atomic E-state index is -0.824. The number of likely N-dealkylation sites (tertiary alicyclic amines) is 3. The van der Waals surface area contributed by atoms with Crippen LogP contribution in [0.4, 0.5) is 4.79 Å². The molecule has 1 aromatic carbocycles. The number of hydrogen-bond acceptors (Lipinski definition) is 4. The van der Waals surface area contributed by atoms with E-state index in [2.05, 4.69) is 28.0 Å². The van der Waals surface area contributed by atoms with Crippen molar-refractivity contribution in [3.63, 3.8) is 0 Å². The molecule has 1 atom stereocenters. The summed E-state index contributed by atoms with van der Waals surface area (Å²) in [5.74, 6) is 1.76. The Balaban J connectivity index is 1.05. The van der Waals surface area contributed by atoms with Crippen LogP contribution >= 0.6 is 0 Å². The largest absolute Gasteiger partial charge is 0.493 e. The molecule has 3 fully saturated rings. The van der Waals surface area contributed by atoms with Gasteiger partial charge in [0.2, 0.25) is 5.91 Å². The van der Waals surface area contributed by atoms with Crippen molar-refractivity contribution in [3.8, 4) is 5.75 Å². The number of amides is 2. The van der Waals surface area contributed by atoms with E-state index in [9.17, 15) is 9.59 Å². The molecule has 0 aromatic heterocycles.